The van der Waals surface area contributed by atoms with E-state index in [0.29, 0.717) is 33.9 Å². The van der Waals surface area contributed by atoms with Crippen LogP contribution in [0.2, 0.25) is 0 Å². The third kappa shape index (κ3) is 6.56. The molecule has 0 aliphatic heterocycles. The Morgan fingerprint density at radius 3 is 2.44 bits per heavy atom. The maximum Gasteiger partial charge on any atom is 0.416 e. The normalized spacial score (nSPS) is 11.6. The molecule has 0 bridgehead atoms. The van der Waals surface area contributed by atoms with E-state index < -0.39 is 17.6 Å². The van der Waals surface area contributed by atoms with Crippen LogP contribution in [-0.2, 0) is 6.18 Å². The van der Waals surface area contributed by atoms with Gasteiger partial charge in [-0.3, -0.25) is 4.79 Å². The van der Waals surface area contributed by atoms with Gasteiger partial charge in [0, 0.05) is 32.4 Å². The van der Waals surface area contributed by atoms with E-state index in [1.165, 1.54) is 30.2 Å². The Morgan fingerprint density at radius 1 is 0.930 bits per heavy atom. The smallest absolute Gasteiger partial charge is 0.399 e. The summed E-state index contributed by atoms with van der Waals surface area (Å²) in [5.41, 5.74) is 10.3. The van der Waals surface area contributed by atoms with Crippen LogP contribution >= 0.6 is 11.8 Å². The molecule has 0 spiro atoms. The summed E-state index contributed by atoms with van der Waals surface area (Å²) in [6, 6.07) is 17.2. The first-order valence-corrected chi connectivity index (χ1v) is 14.3. The molecule has 220 valence electrons. The third-order valence-corrected chi connectivity index (χ3v) is 8.29. The van der Waals surface area contributed by atoms with Gasteiger partial charge in [-0.2, -0.15) is 13.2 Å². The van der Waals surface area contributed by atoms with Crippen LogP contribution < -0.4 is 16.4 Å². The quantitative estimate of drug-likeness (QED) is 0.160. The molecule has 11 heteroatoms. The number of carbonyl (C=O) groups is 1. The number of amides is 1. The second-order valence-corrected chi connectivity index (χ2v) is 11.4. The average molecular weight is 603 g/mol. The molecule has 0 atom stereocenters. The van der Waals surface area contributed by atoms with Crippen LogP contribution in [0.1, 0.15) is 52.5 Å². The molecule has 1 amide bonds. The number of pyridine rings is 1. The fourth-order valence-electron chi connectivity index (χ4n) is 4.39. The van der Waals surface area contributed by atoms with E-state index in [2.05, 4.69) is 39.4 Å². The molecule has 2 heterocycles. The van der Waals surface area contributed by atoms with Gasteiger partial charge in [-0.1, -0.05) is 31.7 Å². The van der Waals surface area contributed by atoms with Crippen molar-refractivity contribution in [3.05, 3.63) is 101 Å². The van der Waals surface area contributed by atoms with E-state index in [1.807, 2.05) is 44.2 Å². The van der Waals surface area contributed by atoms with Crippen molar-refractivity contribution in [3.8, 4) is 0 Å². The minimum Gasteiger partial charge on any atom is -0.399 e. The summed E-state index contributed by atoms with van der Waals surface area (Å²) in [5, 5.41) is 6.81. The number of rotatable bonds is 7. The van der Waals surface area contributed by atoms with Crippen molar-refractivity contribution >= 4 is 51.6 Å². The maximum absolute atomic E-state index is 13.2. The van der Waals surface area contributed by atoms with Gasteiger partial charge in [0.25, 0.3) is 5.91 Å². The first-order chi connectivity index (χ1) is 20.4. The summed E-state index contributed by atoms with van der Waals surface area (Å²) in [5.74, 6) is 0.0732. The van der Waals surface area contributed by atoms with Crippen molar-refractivity contribution in [2.45, 2.75) is 49.6 Å². The van der Waals surface area contributed by atoms with Crippen LogP contribution in [0.15, 0.2) is 82.8 Å². The van der Waals surface area contributed by atoms with Crippen LogP contribution in [0, 0.1) is 13.8 Å². The number of hydrogen-bond acceptors (Lipinski definition) is 7. The van der Waals surface area contributed by atoms with Crippen molar-refractivity contribution in [2.24, 2.45) is 0 Å². The van der Waals surface area contributed by atoms with Gasteiger partial charge in [-0.05, 0) is 91.6 Å². The monoisotopic (exact) mass is 602 g/mol. The van der Waals surface area contributed by atoms with E-state index in [4.69, 9.17) is 5.73 Å². The molecule has 0 unspecified atom stereocenters. The van der Waals surface area contributed by atoms with E-state index in [0.717, 1.165) is 38.7 Å². The zero-order chi connectivity index (χ0) is 30.9. The summed E-state index contributed by atoms with van der Waals surface area (Å²) >= 11 is 1.51. The largest absolute Gasteiger partial charge is 0.416 e. The zero-order valence-electron chi connectivity index (χ0n) is 23.9. The minimum atomic E-state index is -4.56. The second kappa shape index (κ2) is 11.9. The molecule has 7 nitrogen and oxygen atoms in total. The van der Waals surface area contributed by atoms with Crippen molar-refractivity contribution in [3.63, 3.8) is 0 Å². The number of halogens is 3. The molecule has 0 saturated heterocycles. The van der Waals surface area contributed by atoms with Crippen molar-refractivity contribution in [2.75, 3.05) is 16.4 Å². The molecule has 4 N–H and O–H groups in total. The van der Waals surface area contributed by atoms with Gasteiger partial charge in [0.1, 0.15) is 12.1 Å². The summed E-state index contributed by atoms with van der Waals surface area (Å²) in [6.07, 6.45) is -3.13. The van der Waals surface area contributed by atoms with Gasteiger partial charge in [-0.25, -0.2) is 15.0 Å². The van der Waals surface area contributed by atoms with E-state index >= 15 is 0 Å². The van der Waals surface area contributed by atoms with Crippen molar-refractivity contribution in [1.29, 1.82) is 0 Å². The Labute approximate surface area is 251 Å². The topological polar surface area (TPSA) is 106 Å². The highest BCUT2D eigenvalue weighted by molar-refractivity contribution is 7.99. The molecule has 5 rings (SSSR count). The van der Waals surface area contributed by atoms with Gasteiger partial charge in [0.15, 0.2) is 5.65 Å². The maximum atomic E-state index is 13.2. The predicted octanol–water partition coefficient (Wildman–Crippen LogP) is 8.51. The molecule has 43 heavy (non-hydrogen) atoms. The number of nitrogens with one attached hydrogen (secondary N) is 2. The molecule has 0 aliphatic rings. The Balaban J connectivity index is 1.53. The number of alkyl halides is 3. The molecule has 0 fully saturated rings. The Bertz CT molecular complexity index is 1840. The number of aromatic nitrogens is 3. The first kappa shape index (κ1) is 29.8. The standard InChI is InChI=1S/C32H29F3N6OS/c1-17(2)25-11-9-23-29(40-25)37-16-38-30(23)41-26-15-22(39-31(42)20-6-5-7-21(14-20)32(33,34)35)8-12-28(26)43-27-13-10-24(36)18(3)19(27)4/h5-17H,36H2,1-4H3,(H,39,42)(H,37,38,40,41). The van der Waals surface area contributed by atoms with Crippen LogP contribution in [0.25, 0.3) is 11.0 Å². The Morgan fingerprint density at radius 2 is 1.70 bits per heavy atom. The summed E-state index contributed by atoms with van der Waals surface area (Å²) in [7, 11) is 0. The van der Waals surface area contributed by atoms with Crippen LogP contribution in [-0.4, -0.2) is 20.9 Å². The molecule has 2 aromatic heterocycles. The van der Waals surface area contributed by atoms with Crippen LogP contribution in [0.4, 0.5) is 36.1 Å². The lowest BCUT2D eigenvalue weighted by atomic mass is 10.1. The number of nitrogen functional groups attached to an aromatic ring is 1. The fourth-order valence-corrected chi connectivity index (χ4v) is 5.42. The van der Waals surface area contributed by atoms with E-state index in [9.17, 15) is 18.0 Å². The van der Waals surface area contributed by atoms with Crippen molar-refractivity contribution in [1.82, 2.24) is 15.0 Å². The van der Waals surface area contributed by atoms with E-state index in [-0.39, 0.29) is 11.5 Å². The van der Waals surface area contributed by atoms with Gasteiger partial charge in [0.2, 0.25) is 0 Å². The molecule has 0 radical (unpaired) electrons. The number of fused-ring (bicyclic) bond motifs is 1. The molecule has 5 aromatic rings. The van der Waals surface area contributed by atoms with Gasteiger partial charge in [-0.15, -0.1) is 0 Å². The third-order valence-electron chi connectivity index (χ3n) is 7.05. The number of benzene rings is 3. The minimum absolute atomic E-state index is 0.107. The number of hydrogen-bond donors (Lipinski definition) is 3. The predicted molar refractivity (Wildman–Crippen MR) is 165 cm³/mol. The Kier molecular flexibility index (Phi) is 8.27. The zero-order valence-corrected chi connectivity index (χ0v) is 24.7. The number of anilines is 4. The molecular weight excluding hydrogens is 573 g/mol. The summed E-state index contributed by atoms with van der Waals surface area (Å²) in [4.78, 5) is 28.3. The van der Waals surface area contributed by atoms with Gasteiger partial charge in [0.05, 0.1) is 16.6 Å². The number of nitrogens with two attached hydrogens (primary N) is 1. The van der Waals surface area contributed by atoms with Crippen LogP contribution in [0.5, 0.6) is 0 Å². The highest BCUT2D eigenvalue weighted by atomic mass is 32.2. The van der Waals surface area contributed by atoms with Gasteiger partial charge < -0.3 is 16.4 Å². The van der Waals surface area contributed by atoms with Crippen LogP contribution in [0.3, 0.4) is 0 Å². The van der Waals surface area contributed by atoms with Crippen molar-refractivity contribution < 1.29 is 18.0 Å². The highest BCUT2D eigenvalue weighted by Crippen LogP contribution is 2.40. The Hall–Kier alpha value is -4.64. The molecule has 0 aliphatic carbocycles. The molecule has 3 aromatic carbocycles. The lowest BCUT2D eigenvalue weighted by molar-refractivity contribution is -0.137. The van der Waals surface area contributed by atoms with E-state index in [1.54, 1.807) is 12.1 Å². The first-order valence-electron chi connectivity index (χ1n) is 13.5. The fraction of sp³-hybridized carbons (Fsp3) is 0.188. The average Bonchev–Trinajstić information content (AvgIpc) is 2.98. The summed E-state index contributed by atoms with van der Waals surface area (Å²) < 4.78 is 39.7. The molecular formula is C32H29F3N6OS. The summed E-state index contributed by atoms with van der Waals surface area (Å²) in [6.45, 7) is 8.07. The molecule has 0 saturated carbocycles. The number of carbonyl (C=O) groups excluding carboxylic acids is 1. The SMILES string of the molecule is Cc1c(N)ccc(Sc2ccc(NC(=O)c3cccc(C(F)(F)F)c3)cc2Nc2ncnc3nc(C(C)C)ccc23)c1C. The lowest BCUT2D eigenvalue weighted by Gasteiger charge is -2.17. The second-order valence-electron chi connectivity index (χ2n) is 10.4. The highest BCUT2D eigenvalue weighted by Gasteiger charge is 2.31. The number of nitrogens with zero attached hydrogens (tertiary/aromatic N) is 3. The lowest BCUT2D eigenvalue weighted by Crippen LogP contribution is -2.14. The van der Waals surface area contributed by atoms with Gasteiger partial charge >= 0.3 is 6.18 Å².